The number of amides is 2. The lowest BCUT2D eigenvalue weighted by Crippen LogP contribution is -2.54. The van der Waals surface area contributed by atoms with E-state index in [9.17, 15) is 9.59 Å². The number of benzene rings is 1. The van der Waals surface area contributed by atoms with E-state index >= 15 is 0 Å². The smallest absolute Gasteiger partial charge is 0.244 e. The van der Waals surface area contributed by atoms with Gasteiger partial charge in [0.1, 0.15) is 0 Å². The summed E-state index contributed by atoms with van der Waals surface area (Å²) in [4.78, 5) is 30.9. The molecule has 6 nitrogen and oxygen atoms in total. The van der Waals surface area contributed by atoms with Gasteiger partial charge in [-0.25, -0.2) is 0 Å². The predicted molar refractivity (Wildman–Crippen MR) is 101 cm³/mol. The molecule has 0 aliphatic carbocycles. The summed E-state index contributed by atoms with van der Waals surface area (Å²) < 4.78 is 0. The largest absolute Gasteiger partial charge is 0.340 e. The van der Waals surface area contributed by atoms with Crippen LogP contribution < -0.4 is 10.2 Å². The molecule has 0 spiro atoms. The van der Waals surface area contributed by atoms with Gasteiger partial charge in [0.25, 0.3) is 0 Å². The van der Waals surface area contributed by atoms with E-state index < -0.39 is 0 Å². The Morgan fingerprint density at radius 1 is 1.12 bits per heavy atom. The molecule has 0 saturated carbocycles. The molecule has 0 radical (unpaired) electrons. The van der Waals surface area contributed by atoms with Crippen molar-refractivity contribution in [3.8, 4) is 0 Å². The summed E-state index contributed by atoms with van der Waals surface area (Å²) in [6.07, 6.45) is 1.40. The number of piperazine rings is 1. The molecule has 2 heterocycles. The Morgan fingerprint density at radius 3 is 2.44 bits per heavy atom. The molecule has 1 aromatic rings. The molecule has 1 unspecified atom stereocenters. The zero-order valence-electron chi connectivity index (χ0n) is 14.7. The molecule has 138 valence electrons. The maximum atomic E-state index is 12.8. The first-order valence-electron chi connectivity index (χ1n) is 8.73. The lowest BCUT2D eigenvalue weighted by Gasteiger charge is -2.37. The summed E-state index contributed by atoms with van der Waals surface area (Å²) in [6.45, 7) is 4.49. The summed E-state index contributed by atoms with van der Waals surface area (Å²) in [7, 11) is 1.86. The Morgan fingerprint density at radius 2 is 1.80 bits per heavy atom. The van der Waals surface area contributed by atoms with E-state index in [1.165, 1.54) is 0 Å². The molecule has 3 rings (SSSR count). The Kier molecular flexibility index (Phi) is 7.23. The average molecular weight is 367 g/mol. The monoisotopic (exact) mass is 366 g/mol. The molecule has 0 aromatic heterocycles. The topological polar surface area (TPSA) is 55.9 Å². The van der Waals surface area contributed by atoms with Crippen molar-refractivity contribution < 1.29 is 9.59 Å². The van der Waals surface area contributed by atoms with Crippen molar-refractivity contribution in [2.75, 3.05) is 51.2 Å². The first-order valence-corrected chi connectivity index (χ1v) is 8.73. The van der Waals surface area contributed by atoms with Gasteiger partial charge in [-0.15, -0.1) is 12.4 Å². The van der Waals surface area contributed by atoms with Crippen LogP contribution in [0.15, 0.2) is 30.3 Å². The SMILES string of the molecule is CNCCC(=O)N1CCN(C2CCN(c3ccccc3)C2=O)CC1.Cl. The van der Waals surface area contributed by atoms with Crippen molar-refractivity contribution in [1.82, 2.24) is 15.1 Å². The fraction of sp³-hybridized carbons (Fsp3) is 0.556. The Bertz CT molecular complexity index is 576. The van der Waals surface area contributed by atoms with Crippen LogP contribution >= 0.6 is 12.4 Å². The standard InChI is InChI=1S/C18H26N4O2.ClH/c1-19-9-7-17(23)21-13-11-20(12-14-21)16-8-10-22(18(16)24)15-5-3-2-4-6-15;/h2-6,16,19H,7-14H2,1H3;1H. The van der Waals surface area contributed by atoms with Crippen molar-refractivity contribution in [3.63, 3.8) is 0 Å². The van der Waals surface area contributed by atoms with Crippen LogP contribution in [0.5, 0.6) is 0 Å². The molecule has 0 bridgehead atoms. The maximum Gasteiger partial charge on any atom is 0.244 e. The van der Waals surface area contributed by atoms with Gasteiger partial charge < -0.3 is 15.1 Å². The molecule has 1 N–H and O–H groups in total. The minimum absolute atomic E-state index is 0. The normalized spacial score (nSPS) is 21.3. The number of rotatable bonds is 5. The highest BCUT2D eigenvalue weighted by molar-refractivity contribution is 5.99. The Hall–Kier alpha value is -1.63. The molecule has 1 atom stereocenters. The first kappa shape index (κ1) is 19.7. The zero-order valence-corrected chi connectivity index (χ0v) is 15.5. The van der Waals surface area contributed by atoms with Crippen LogP contribution in [0.4, 0.5) is 5.69 Å². The number of nitrogens with zero attached hydrogens (tertiary/aromatic N) is 3. The van der Waals surface area contributed by atoms with Gasteiger partial charge in [-0.3, -0.25) is 14.5 Å². The Labute approximate surface area is 155 Å². The number of halogens is 1. The second kappa shape index (κ2) is 9.17. The number of nitrogens with one attached hydrogen (secondary N) is 1. The van der Waals surface area contributed by atoms with E-state index in [4.69, 9.17) is 0 Å². The summed E-state index contributed by atoms with van der Waals surface area (Å²) in [5.74, 6) is 0.392. The third kappa shape index (κ3) is 4.51. The van der Waals surface area contributed by atoms with Crippen molar-refractivity contribution in [2.24, 2.45) is 0 Å². The van der Waals surface area contributed by atoms with Crippen molar-refractivity contribution >= 4 is 29.9 Å². The van der Waals surface area contributed by atoms with Crippen LogP contribution in [0.25, 0.3) is 0 Å². The minimum Gasteiger partial charge on any atom is -0.340 e. The molecular weight excluding hydrogens is 340 g/mol. The van der Waals surface area contributed by atoms with Gasteiger partial charge in [0.05, 0.1) is 6.04 Å². The first-order chi connectivity index (χ1) is 11.7. The number of anilines is 1. The van der Waals surface area contributed by atoms with Crippen LogP contribution in [0, 0.1) is 0 Å². The molecular formula is C18H27ClN4O2. The summed E-state index contributed by atoms with van der Waals surface area (Å²) in [6, 6.07) is 9.82. The maximum absolute atomic E-state index is 12.8. The second-order valence-electron chi connectivity index (χ2n) is 6.40. The van der Waals surface area contributed by atoms with Crippen molar-refractivity contribution in [1.29, 1.82) is 0 Å². The quantitative estimate of drug-likeness (QED) is 0.843. The molecule has 25 heavy (non-hydrogen) atoms. The molecule has 1 aromatic carbocycles. The highest BCUT2D eigenvalue weighted by atomic mass is 35.5. The summed E-state index contributed by atoms with van der Waals surface area (Å²) in [5.41, 5.74) is 0.978. The number of carbonyl (C=O) groups excluding carboxylic acids is 2. The fourth-order valence-corrected chi connectivity index (χ4v) is 3.54. The van der Waals surface area contributed by atoms with Gasteiger partial charge in [-0.2, -0.15) is 0 Å². The van der Waals surface area contributed by atoms with E-state index in [0.29, 0.717) is 13.0 Å². The van der Waals surface area contributed by atoms with Crippen LogP contribution in [0.1, 0.15) is 12.8 Å². The molecule has 2 fully saturated rings. The van der Waals surface area contributed by atoms with Gasteiger partial charge >= 0.3 is 0 Å². The van der Waals surface area contributed by atoms with E-state index in [2.05, 4.69) is 10.2 Å². The van der Waals surface area contributed by atoms with Gasteiger partial charge in [0, 0.05) is 51.4 Å². The van der Waals surface area contributed by atoms with E-state index in [0.717, 1.165) is 44.8 Å². The third-order valence-corrected chi connectivity index (χ3v) is 4.94. The zero-order chi connectivity index (χ0) is 16.9. The Balaban J connectivity index is 0.00000225. The van der Waals surface area contributed by atoms with Crippen LogP contribution in [0.2, 0.25) is 0 Å². The van der Waals surface area contributed by atoms with Gasteiger partial charge in [0.2, 0.25) is 11.8 Å². The fourth-order valence-electron chi connectivity index (χ4n) is 3.54. The lowest BCUT2D eigenvalue weighted by atomic mass is 10.1. The van der Waals surface area contributed by atoms with Gasteiger partial charge in [-0.05, 0) is 25.6 Å². The summed E-state index contributed by atoms with van der Waals surface area (Å²) in [5, 5.41) is 3.01. The van der Waals surface area contributed by atoms with Crippen molar-refractivity contribution in [3.05, 3.63) is 30.3 Å². The number of hydrogen-bond acceptors (Lipinski definition) is 4. The third-order valence-electron chi connectivity index (χ3n) is 4.94. The molecule has 2 aliphatic heterocycles. The predicted octanol–water partition coefficient (Wildman–Crippen LogP) is 0.967. The van der Waals surface area contributed by atoms with Crippen molar-refractivity contribution in [2.45, 2.75) is 18.9 Å². The van der Waals surface area contributed by atoms with Crippen LogP contribution in [0.3, 0.4) is 0 Å². The van der Waals surface area contributed by atoms with E-state index in [1.807, 2.05) is 47.2 Å². The molecule has 2 saturated heterocycles. The second-order valence-corrected chi connectivity index (χ2v) is 6.40. The summed E-state index contributed by atoms with van der Waals surface area (Å²) >= 11 is 0. The molecule has 2 aliphatic rings. The lowest BCUT2D eigenvalue weighted by molar-refractivity contribution is -0.133. The molecule has 2 amide bonds. The van der Waals surface area contributed by atoms with Gasteiger partial charge in [0.15, 0.2) is 0 Å². The van der Waals surface area contributed by atoms with E-state index in [-0.39, 0.29) is 30.3 Å². The van der Waals surface area contributed by atoms with E-state index in [1.54, 1.807) is 0 Å². The average Bonchev–Trinajstić information content (AvgIpc) is 3.02. The van der Waals surface area contributed by atoms with Crippen LogP contribution in [-0.4, -0.2) is 74.0 Å². The number of carbonyl (C=O) groups is 2. The van der Waals surface area contributed by atoms with Gasteiger partial charge in [-0.1, -0.05) is 18.2 Å². The molecule has 7 heteroatoms. The van der Waals surface area contributed by atoms with Crippen LogP contribution in [-0.2, 0) is 9.59 Å². The number of para-hydroxylation sites is 1. The number of hydrogen-bond donors (Lipinski definition) is 1. The highest BCUT2D eigenvalue weighted by Gasteiger charge is 2.38. The highest BCUT2D eigenvalue weighted by Crippen LogP contribution is 2.24. The minimum atomic E-state index is -0.0419.